The maximum atomic E-state index is 13.2. The topological polar surface area (TPSA) is 70.6 Å². The first-order valence-electron chi connectivity index (χ1n) is 10.9. The van der Waals surface area contributed by atoms with Crippen LogP contribution in [0.4, 0.5) is 9.52 Å². The van der Waals surface area contributed by atoms with Gasteiger partial charge < -0.3 is 4.90 Å². The van der Waals surface area contributed by atoms with Gasteiger partial charge in [-0.15, -0.1) is 0 Å². The predicted octanol–water partition coefficient (Wildman–Crippen LogP) is 4.59. The van der Waals surface area contributed by atoms with Crippen molar-refractivity contribution in [2.24, 2.45) is 0 Å². The molecular weight excluding hydrogens is 461 g/mol. The predicted molar refractivity (Wildman–Crippen MR) is 132 cm³/mol. The fourth-order valence-electron chi connectivity index (χ4n) is 3.54. The Hall–Kier alpha value is -2.36. The van der Waals surface area contributed by atoms with Crippen molar-refractivity contribution in [3.8, 4) is 0 Å². The standard InChI is InChI=1S/C24H30FN3O3S2/c1-17-8-9-18(2)23-22(17)26-24(32-23)28(15-6-14-27(3)4)21(29)7-5-16-33(30,31)20-12-10-19(25)11-13-20/h8-13H,5-7,14-16H2,1-4H3. The van der Waals surface area contributed by atoms with Gasteiger partial charge in [-0.3, -0.25) is 9.69 Å². The lowest BCUT2D eigenvalue weighted by Crippen LogP contribution is -2.33. The zero-order chi connectivity index (χ0) is 24.2. The molecule has 6 nitrogen and oxygen atoms in total. The van der Waals surface area contributed by atoms with Gasteiger partial charge in [0.15, 0.2) is 15.0 Å². The largest absolute Gasteiger partial charge is 0.309 e. The molecule has 0 saturated heterocycles. The Labute approximate surface area is 199 Å². The highest BCUT2D eigenvalue weighted by Gasteiger charge is 2.22. The van der Waals surface area contributed by atoms with Crippen LogP contribution in [-0.2, 0) is 14.6 Å². The number of aryl methyl sites for hydroxylation is 2. The second kappa shape index (κ2) is 10.7. The van der Waals surface area contributed by atoms with E-state index < -0.39 is 15.7 Å². The molecule has 3 aromatic rings. The van der Waals surface area contributed by atoms with Crippen molar-refractivity contribution in [3.05, 3.63) is 53.3 Å². The van der Waals surface area contributed by atoms with Crippen LogP contribution in [0.1, 0.15) is 30.4 Å². The van der Waals surface area contributed by atoms with Gasteiger partial charge >= 0.3 is 0 Å². The summed E-state index contributed by atoms with van der Waals surface area (Å²) in [7, 11) is 0.386. The van der Waals surface area contributed by atoms with Crippen LogP contribution in [0.5, 0.6) is 0 Å². The molecule has 0 fully saturated rings. The number of anilines is 1. The fourth-order valence-corrected chi connectivity index (χ4v) is 6.01. The second-order valence-corrected chi connectivity index (χ2v) is 11.5. The van der Waals surface area contributed by atoms with E-state index >= 15 is 0 Å². The third-order valence-corrected chi connectivity index (χ3v) is 8.46. The highest BCUT2D eigenvalue weighted by atomic mass is 32.2. The Morgan fingerprint density at radius 1 is 1.00 bits per heavy atom. The van der Waals surface area contributed by atoms with Gasteiger partial charge in [-0.1, -0.05) is 23.5 Å². The van der Waals surface area contributed by atoms with Crippen molar-refractivity contribution in [2.75, 3.05) is 37.8 Å². The normalized spacial score (nSPS) is 11.9. The van der Waals surface area contributed by atoms with Crippen molar-refractivity contribution < 1.29 is 17.6 Å². The molecule has 0 aliphatic heterocycles. The summed E-state index contributed by atoms with van der Waals surface area (Å²) in [5.41, 5.74) is 3.08. The molecule has 0 aliphatic rings. The number of halogens is 1. The average Bonchev–Trinajstić information content (AvgIpc) is 3.20. The number of carbonyl (C=O) groups is 1. The molecule has 3 rings (SSSR count). The van der Waals surface area contributed by atoms with Crippen LogP contribution >= 0.6 is 11.3 Å². The van der Waals surface area contributed by atoms with Crippen LogP contribution in [0.15, 0.2) is 41.3 Å². The Kier molecular flexibility index (Phi) is 8.20. The Balaban J connectivity index is 1.75. The summed E-state index contributed by atoms with van der Waals surface area (Å²) in [4.78, 5) is 21.7. The highest BCUT2D eigenvalue weighted by Crippen LogP contribution is 2.33. The number of nitrogens with zero attached hydrogens (tertiary/aromatic N) is 3. The van der Waals surface area contributed by atoms with E-state index in [0.717, 1.165) is 46.4 Å². The van der Waals surface area contributed by atoms with E-state index in [1.54, 1.807) is 4.90 Å². The van der Waals surface area contributed by atoms with Crippen molar-refractivity contribution in [3.63, 3.8) is 0 Å². The van der Waals surface area contributed by atoms with Crippen LogP contribution < -0.4 is 4.90 Å². The Morgan fingerprint density at radius 2 is 1.67 bits per heavy atom. The monoisotopic (exact) mass is 491 g/mol. The first-order valence-corrected chi connectivity index (χ1v) is 13.4. The summed E-state index contributed by atoms with van der Waals surface area (Å²) in [6, 6.07) is 8.85. The lowest BCUT2D eigenvalue weighted by atomic mass is 10.1. The maximum Gasteiger partial charge on any atom is 0.228 e. The van der Waals surface area contributed by atoms with E-state index in [9.17, 15) is 17.6 Å². The minimum Gasteiger partial charge on any atom is -0.309 e. The molecule has 9 heteroatoms. The van der Waals surface area contributed by atoms with Crippen molar-refractivity contribution in [1.29, 1.82) is 0 Å². The summed E-state index contributed by atoms with van der Waals surface area (Å²) in [5, 5.41) is 0.646. The molecule has 0 saturated carbocycles. The molecule has 0 atom stereocenters. The van der Waals surface area contributed by atoms with E-state index in [1.807, 2.05) is 34.0 Å². The molecule has 1 amide bonds. The van der Waals surface area contributed by atoms with Gasteiger partial charge in [0.2, 0.25) is 5.91 Å². The Bertz CT molecular complexity index is 1180. The maximum absolute atomic E-state index is 13.2. The number of fused-ring (bicyclic) bond motifs is 1. The molecule has 33 heavy (non-hydrogen) atoms. The number of amides is 1. The molecule has 0 radical (unpaired) electrons. The smallest absolute Gasteiger partial charge is 0.228 e. The molecule has 0 spiro atoms. The zero-order valence-corrected chi connectivity index (χ0v) is 21.1. The van der Waals surface area contributed by atoms with Gasteiger partial charge in [0.05, 0.1) is 20.9 Å². The highest BCUT2D eigenvalue weighted by molar-refractivity contribution is 7.91. The van der Waals surface area contributed by atoms with E-state index in [1.165, 1.54) is 23.5 Å². The minimum absolute atomic E-state index is 0.0660. The quantitative estimate of drug-likeness (QED) is 0.388. The van der Waals surface area contributed by atoms with Crippen molar-refractivity contribution >= 4 is 42.4 Å². The van der Waals surface area contributed by atoms with Crippen LogP contribution in [0.3, 0.4) is 0 Å². The second-order valence-electron chi connectivity index (χ2n) is 8.45. The lowest BCUT2D eigenvalue weighted by Gasteiger charge is -2.21. The molecule has 0 N–H and O–H groups in total. The van der Waals surface area contributed by atoms with E-state index in [4.69, 9.17) is 4.98 Å². The number of sulfone groups is 1. The van der Waals surface area contributed by atoms with E-state index in [-0.39, 0.29) is 29.4 Å². The van der Waals surface area contributed by atoms with Gasteiger partial charge in [0, 0.05) is 13.0 Å². The van der Waals surface area contributed by atoms with Gasteiger partial charge in [-0.25, -0.2) is 17.8 Å². The lowest BCUT2D eigenvalue weighted by molar-refractivity contribution is -0.118. The van der Waals surface area contributed by atoms with Crippen LogP contribution in [0.2, 0.25) is 0 Å². The molecule has 0 aliphatic carbocycles. The molecule has 1 heterocycles. The van der Waals surface area contributed by atoms with E-state index in [2.05, 4.69) is 11.0 Å². The van der Waals surface area contributed by atoms with Gasteiger partial charge in [0.25, 0.3) is 0 Å². The number of hydrogen-bond donors (Lipinski definition) is 0. The zero-order valence-electron chi connectivity index (χ0n) is 19.5. The fraction of sp³-hybridized carbons (Fsp3) is 0.417. The number of carbonyl (C=O) groups excluding carboxylic acids is 1. The third-order valence-electron chi connectivity index (χ3n) is 5.43. The Morgan fingerprint density at radius 3 is 2.30 bits per heavy atom. The summed E-state index contributed by atoms with van der Waals surface area (Å²) in [5.74, 6) is -0.801. The summed E-state index contributed by atoms with van der Waals surface area (Å²) in [6.07, 6.45) is 1.06. The number of hydrogen-bond acceptors (Lipinski definition) is 6. The summed E-state index contributed by atoms with van der Waals surface area (Å²) in [6.45, 7) is 5.37. The van der Waals surface area contributed by atoms with Crippen molar-refractivity contribution in [2.45, 2.75) is 38.0 Å². The summed E-state index contributed by atoms with van der Waals surface area (Å²) < 4.78 is 39.3. The molecule has 178 valence electrons. The van der Waals surface area contributed by atoms with E-state index in [0.29, 0.717) is 11.7 Å². The van der Waals surface area contributed by atoms with Crippen LogP contribution in [0, 0.1) is 19.7 Å². The molecule has 1 aromatic heterocycles. The van der Waals surface area contributed by atoms with Crippen LogP contribution in [-0.4, -0.2) is 57.1 Å². The van der Waals surface area contributed by atoms with Crippen LogP contribution in [0.25, 0.3) is 10.2 Å². The average molecular weight is 492 g/mol. The number of benzene rings is 2. The molecular formula is C24H30FN3O3S2. The number of aromatic nitrogens is 1. The van der Waals surface area contributed by atoms with Gasteiger partial charge in [-0.2, -0.15) is 0 Å². The van der Waals surface area contributed by atoms with Crippen molar-refractivity contribution in [1.82, 2.24) is 9.88 Å². The van der Waals surface area contributed by atoms with Gasteiger partial charge in [-0.05, 0) is 82.7 Å². The third kappa shape index (κ3) is 6.37. The first kappa shape index (κ1) is 25.3. The molecule has 2 aromatic carbocycles. The first-order chi connectivity index (χ1) is 15.6. The minimum atomic E-state index is -3.58. The van der Waals surface area contributed by atoms with Gasteiger partial charge in [0.1, 0.15) is 5.82 Å². The number of rotatable bonds is 10. The summed E-state index contributed by atoms with van der Waals surface area (Å²) >= 11 is 1.50. The molecule has 0 bridgehead atoms. The molecule has 0 unspecified atom stereocenters. The SMILES string of the molecule is Cc1ccc(C)c2sc(N(CCCN(C)C)C(=O)CCCS(=O)(=O)c3ccc(F)cc3)nc12. The number of thiazole rings is 1.